The third kappa shape index (κ3) is 4.52. The molecule has 0 unspecified atom stereocenters. The van der Waals surface area contributed by atoms with Crippen molar-refractivity contribution in [3.63, 3.8) is 0 Å². The van der Waals surface area contributed by atoms with Gasteiger partial charge in [-0.2, -0.15) is 5.10 Å². The molecular formula is C23H22N4O5. The molecule has 32 heavy (non-hydrogen) atoms. The average molecular weight is 434 g/mol. The Labute approximate surface area is 184 Å². The fourth-order valence-corrected chi connectivity index (χ4v) is 3.48. The number of methoxy groups -OCH3 is 1. The highest BCUT2D eigenvalue weighted by Gasteiger charge is 2.20. The number of rotatable bonds is 6. The molecule has 0 atom stereocenters. The van der Waals surface area contributed by atoms with Gasteiger partial charge in [0.15, 0.2) is 5.75 Å². The van der Waals surface area contributed by atoms with Crippen LogP contribution in [0.4, 0.5) is 5.69 Å². The molecule has 164 valence electrons. The lowest BCUT2D eigenvalue weighted by atomic mass is 10.1. The third-order valence-corrected chi connectivity index (χ3v) is 5.14. The zero-order valence-corrected chi connectivity index (χ0v) is 17.5. The number of nitro groups is 1. The van der Waals surface area contributed by atoms with Crippen molar-refractivity contribution in [3.8, 4) is 22.7 Å². The van der Waals surface area contributed by atoms with E-state index in [9.17, 15) is 14.9 Å². The number of benzene rings is 2. The summed E-state index contributed by atoms with van der Waals surface area (Å²) in [6.45, 7) is 2.13. The molecule has 1 aliphatic heterocycles. The summed E-state index contributed by atoms with van der Waals surface area (Å²) in [4.78, 5) is 25.3. The van der Waals surface area contributed by atoms with Gasteiger partial charge in [0.1, 0.15) is 5.69 Å². The molecule has 0 saturated carbocycles. The van der Waals surface area contributed by atoms with Crippen LogP contribution < -0.4 is 4.74 Å². The Bertz CT molecular complexity index is 1150. The highest BCUT2D eigenvalue weighted by Crippen LogP contribution is 2.33. The van der Waals surface area contributed by atoms with E-state index in [-0.39, 0.29) is 17.3 Å². The fraction of sp³-hybridized carbons (Fsp3) is 0.217. The monoisotopic (exact) mass is 434 g/mol. The molecule has 1 fully saturated rings. The molecule has 9 nitrogen and oxygen atoms in total. The van der Waals surface area contributed by atoms with Crippen LogP contribution in [0.2, 0.25) is 0 Å². The second kappa shape index (κ2) is 9.44. The Balaban J connectivity index is 1.74. The van der Waals surface area contributed by atoms with Crippen LogP contribution in [-0.4, -0.2) is 58.9 Å². The molecule has 2 heterocycles. The zero-order chi connectivity index (χ0) is 22.5. The van der Waals surface area contributed by atoms with Crippen LogP contribution in [0.1, 0.15) is 5.56 Å². The van der Waals surface area contributed by atoms with Gasteiger partial charge < -0.3 is 14.4 Å². The van der Waals surface area contributed by atoms with E-state index in [0.29, 0.717) is 43.1 Å². The number of para-hydroxylation sites is 1. The van der Waals surface area contributed by atoms with Gasteiger partial charge in [-0.05, 0) is 30.3 Å². The minimum atomic E-state index is -0.492. The molecular weight excluding hydrogens is 412 g/mol. The summed E-state index contributed by atoms with van der Waals surface area (Å²) >= 11 is 0. The molecule has 9 heteroatoms. The maximum absolute atomic E-state index is 12.6. The Kier molecular flexibility index (Phi) is 6.27. The van der Waals surface area contributed by atoms with Crippen LogP contribution in [0.15, 0.2) is 60.8 Å². The number of hydrogen-bond donors (Lipinski definition) is 0. The second-order valence-electron chi connectivity index (χ2n) is 7.13. The summed E-state index contributed by atoms with van der Waals surface area (Å²) in [5.74, 6) is 0.0493. The highest BCUT2D eigenvalue weighted by atomic mass is 16.6. The van der Waals surface area contributed by atoms with Gasteiger partial charge in [0.25, 0.3) is 0 Å². The molecule has 0 bridgehead atoms. The first-order valence-corrected chi connectivity index (χ1v) is 10.1. The van der Waals surface area contributed by atoms with E-state index >= 15 is 0 Å². The van der Waals surface area contributed by atoms with Crippen molar-refractivity contribution in [2.75, 3.05) is 33.4 Å². The van der Waals surface area contributed by atoms with E-state index in [4.69, 9.17) is 9.47 Å². The lowest BCUT2D eigenvalue weighted by Gasteiger charge is -2.25. The predicted octanol–water partition coefficient (Wildman–Crippen LogP) is 3.33. The van der Waals surface area contributed by atoms with Crippen molar-refractivity contribution >= 4 is 17.7 Å². The number of morpholine rings is 1. The normalized spacial score (nSPS) is 14.0. The van der Waals surface area contributed by atoms with E-state index in [2.05, 4.69) is 5.10 Å². The molecule has 1 aromatic heterocycles. The largest absolute Gasteiger partial charge is 0.490 e. The third-order valence-electron chi connectivity index (χ3n) is 5.14. The Hall–Kier alpha value is -3.98. The van der Waals surface area contributed by atoms with Gasteiger partial charge in [-0.3, -0.25) is 14.9 Å². The van der Waals surface area contributed by atoms with Gasteiger partial charge in [0, 0.05) is 42.6 Å². The van der Waals surface area contributed by atoms with Crippen molar-refractivity contribution in [3.05, 3.63) is 76.5 Å². The standard InChI is InChI=1S/C23H22N4O5/c1-31-21-9-7-17(15-20(21)27(29)30)23-18(8-10-22(28)25-11-13-32-14-12-25)16-26(24-23)19-5-3-2-4-6-19/h2-10,15-16H,11-14H2,1H3/b10-8+. The van der Waals surface area contributed by atoms with Crippen LogP contribution in [0, 0.1) is 10.1 Å². The first-order valence-electron chi connectivity index (χ1n) is 10.1. The first kappa shape index (κ1) is 21.3. The lowest BCUT2D eigenvalue weighted by Crippen LogP contribution is -2.39. The van der Waals surface area contributed by atoms with E-state index in [1.807, 2.05) is 30.3 Å². The molecule has 4 rings (SSSR count). The van der Waals surface area contributed by atoms with Crippen LogP contribution in [-0.2, 0) is 9.53 Å². The second-order valence-corrected chi connectivity index (χ2v) is 7.13. The van der Waals surface area contributed by atoms with Gasteiger partial charge in [-0.1, -0.05) is 18.2 Å². The van der Waals surface area contributed by atoms with Crippen LogP contribution >= 0.6 is 0 Å². The maximum Gasteiger partial charge on any atom is 0.311 e. The van der Waals surface area contributed by atoms with E-state index in [0.717, 1.165) is 5.69 Å². The van der Waals surface area contributed by atoms with Crippen LogP contribution in [0.25, 0.3) is 23.0 Å². The number of amides is 1. The minimum absolute atomic E-state index is 0.118. The number of nitro benzene ring substituents is 1. The van der Waals surface area contributed by atoms with Crippen molar-refractivity contribution in [2.24, 2.45) is 0 Å². The van der Waals surface area contributed by atoms with Crippen molar-refractivity contribution < 1.29 is 19.2 Å². The van der Waals surface area contributed by atoms with Crippen molar-refractivity contribution in [2.45, 2.75) is 0 Å². The molecule has 0 radical (unpaired) electrons. The van der Waals surface area contributed by atoms with Gasteiger partial charge in [0.05, 0.1) is 30.9 Å². The summed E-state index contributed by atoms with van der Waals surface area (Å²) in [6.07, 6.45) is 4.98. The molecule has 0 spiro atoms. The molecule has 3 aromatic rings. The minimum Gasteiger partial charge on any atom is -0.490 e. The molecule has 2 aromatic carbocycles. The van der Waals surface area contributed by atoms with Crippen molar-refractivity contribution in [1.82, 2.24) is 14.7 Å². The van der Waals surface area contributed by atoms with Gasteiger partial charge in [-0.25, -0.2) is 4.68 Å². The number of nitrogens with zero attached hydrogens (tertiary/aromatic N) is 4. The smallest absolute Gasteiger partial charge is 0.311 e. The first-order chi connectivity index (χ1) is 15.6. The van der Waals surface area contributed by atoms with E-state index < -0.39 is 4.92 Å². The number of carbonyl (C=O) groups excluding carboxylic acids is 1. The number of aromatic nitrogens is 2. The molecule has 1 amide bonds. The van der Waals surface area contributed by atoms with Crippen LogP contribution in [0.5, 0.6) is 5.75 Å². The summed E-state index contributed by atoms with van der Waals surface area (Å²) in [5.41, 5.74) is 2.40. The van der Waals surface area contributed by atoms with Crippen LogP contribution in [0.3, 0.4) is 0 Å². The molecule has 0 aliphatic carbocycles. The van der Waals surface area contributed by atoms with Gasteiger partial charge >= 0.3 is 5.69 Å². The summed E-state index contributed by atoms with van der Waals surface area (Å²) in [6, 6.07) is 14.2. The maximum atomic E-state index is 12.6. The molecule has 1 aliphatic rings. The predicted molar refractivity (Wildman–Crippen MR) is 119 cm³/mol. The summed E-state index contributed by atoms with van der Waals surface area (Å²) in [5, 5.41) is 16.1. The van der Waals surface area contributed by atoms with E-state index in [1.54, 1.807) is 34.0 Å². The zero-order valence-electron chi connectivity index (χ0n) is 17.5. The Morgan fingerprint density at radius 3 is 2.62 bits per heavy atom. The molecule has 1 saturated heterocycles. The number of hydrogen-bond acceptors (Lipinski definition) is 6. The Morgan fingerprint density at radius 1 is 1.19 bits per heavy atom. The van der Waals surface area contributed by atoms with Gasteiger partial charge in [-0.15, -0.1) is 0 Å². The number of carbonyl (C=O) groups is 1. The average Bonchev–Trinajstić information content (AvgIpc) is 3.27. The lowest BCUT2D eigenvalue weighted by molar-refractivity contribution is -0.385. The van der Waals surface area contributed by atoms with E-state index in [1.165, 1.54) is 19.3 Å². The summed E-state index contributed by atoms with van der Waals surface area (Å²) in [7, 11) is 1.39. The topological polar surface area (TPSA) is 99.7 Å². The SMILES string of the molecule is COc1ccc(-c2nn(-c3ccccc3)cc2/C=C/C(=O)N2CCOCC2)cc1[N+](=O)[O-]. The fourth-order valence-electron chi connectivity index (χ4n) is 3.48. The summed E-state index contributed by atoms with van der Waals surface area (Å²) < 4.78 is 12.1. The Morgan fingerprint density at radius 2 is 1.94 bits per heavy atom. The number of ether oxygens (including phenoxy) is 2. The quantitative estimate of drug-likeness (QED) is 0.335. The highest BCUT2D eigenvalue weighted by molar-refractivity contribution is 5.93. The van der Waals surface area contributed by atoms with Crippen molar-refractivity contribution in [1.29, 1.82) is 0 Å². The molecule has 0 N–H and O–H groups in total. The van der Waals surface area contributed by atoms with Gasteiger partial charge in [0.2, 0.25) is 5.91 Å².